The van der Waals surface area contributed by atoms with E-state index in [9.17, 15) is 9.59 Å². The lowest BCUT2D eigenvalue weighted by atomic mass is 9.69. The Bertz CT molecular complexity index is 725. The number of fused-ring (bicyclic) bond motifs is 4. The maximum Gasteiger partial charge on any atom is 0.329 e. The van der Waals surface area contributed by atoms with Gasteiger partial charge in [-0.25, -0.2) is 0 Å². The smallest absolute Gasteiger partial charge is 0.329 e. The van der Waals surface area contributed by atoms with Gasteiger partial charge in [0.25, 0.3) is 5.79 Å². The number of carbonyl (C=O) groups excluding carboxylic acids is 2. The van der Waals surface area contributed by atoms with Gasteiger partial charge in [0, 0.05) is 37.5 Å². The van der Waals surface area contributed by atoms with Crippen molar-refractivity contribution in [3.63, 3.8) is 0 Å². The number of esters is 2. The van der Waals surface area contributed by atoms with Gasteiger partial charge in [-0.3, -0.25) is 9.59 Å². The van der Waals surface area contributed by atoms with Gasteiger partial charge in [0.1, 0.15) is 0 Å². The van der Waals surface area contributed by atoms with E-state index in [1.165, 1.54) is 0 Å². The molecular formula is C19H22ClNO4. The first-order chi connectivity index (χ1) is 11.8. The molecule has 0 aliphatic carbocycles. The van der Waals surface area contributed by atoms with E-state index in [-0.39, 0.29) is 6.04 Å². The summed E-state index contributed by atoms with van der Waals surface area (Å²) in [5.41, 5.74) is 0.673. The molecule has 1 spiro atoms. The fourth-order valence-corrected chi connectivity index (χ4v) is 4.60. The lowest BCUT2D eigenvalue weighted by molar-refractivity contribution is -0.253. The van der Waals surface area contributed by atoms with Gasteiger partial charge in [-0.1, -0.05) is 30.5 Å². The van der Waals surface area contributed by atoms with Gasteiger partial charge in [0.2, 0.25) is 0 Å². The maximum atomic E-state index is 13.1. The average molecular weight is 364 g/mol. The lowest BCUT2D eigenvalue weighted by Gasteiger charge is -2.51. The molecule has 134 valence electrons. The number of benzene rings is 1. The predicted molar refractivity (Wildman–Crippen MR) is 93.5 cm³/mol. The predicted octanol–water partition coefficient (Wildman–Crippen LogP) is 3.47. The fourth-order valence-electron chi connectivity index (χ4n) is 4.43. The normalized spacial score (nSPS) is 27.0. The van der Waals surface area contributed by atoms with E-state index in [0.29, 0.717) is 11.4 Å². The molecule has 1 aromatic carbocycles. The van der Waals surface area contributed by atoms with Crippen molar-refractivity contribution in [2.24, 2.45) is 5.41 Å². The Kier molecular flexibility index (Phi) is 3.76. The molecule has 0 aromatic heterocycles. The van der Waals surface area contributed by atoms with Crippen LogP contribution in [-0.4, -0.2) is 30.3 Å². The molecule has 0 unspecified atom stereocenters. The highest BCUT2D eigenvalue weighted by Gasteiger charge is 2.63. The van der Waals surface area contributed by atoms with E-state index in [1.807, 2.05) is 12.1 Å². The van der Waals surface area contributed by atoms with E-state index in [0.717, 1.165) is 43.5 Å². The monoisotopic (exact) mass is 363 g/mol. The van der Waals surface area contributed by atoms with Gasteiger partial charge in [0.05, 0.1) is 6.04 Å². The Morgan fingerprint density at radius 1 is 1.12 bits per heavy atom. The van der Waals surface area contributed by atoms with Crippen LogP contribution in [0.3, 0.4) is 0 Å². The molecule has 4 rings (SSSR count). The molecule has 6 heteroatoms. The molecule has 2 saturated heterocycles. The van der Waals surface area contributed by atoms with Crippen LogP contribution in [0.2, 0.25) is 5.02 Å². The van der Waals surface area contributed by atoms with Crippen molar-refractivity contribution < 1.29 is 19.1 Å². The largest absolute Gasteiger partial charge is 0.422 e. The van der Waals surface area contributed by atoms with Gasteiger partial charge in [0.15, 0.2) is 5.41 Å². The van der Waals surface area contributed by atoms with Gasteiger partial charge < -0.3 is 14.4 Å². The van der Waals surface area contributed by atoms with E-state index in [1.54, 1.807) is 19.9 Å². The zero-order chi connectivity index (χ0) is 17.8. The Hall–Kier alpha value is -1.75. The lowest BCUT2D eigenvalue weighted by Crippen LogP contribution is -2.65. The van der Waals surface area contributed by atoms with Crippen LogP contribution in [0.5, 0.6) is 0 Å². The van der Waals surface area contributed by atoms with Crippen molar-refractivity contribution in [2.45, 2.75) is 57.8 Å². The van der Waals surface area contributed by atoms with Gasteiger partial charge in [-0.15, -0.1) is 0 Å². The minimum absolute atomic E-state index is 0.253. The highest BCUT2D eigenvalue weighted by atomic mass is 35.5. The molecule has 1 aromatic rings. The minimum Gasteiger partial charge on any atom is -0.422 e. The van der Waals surface area contributed by atoms with E-state index in [2.05, 4.69) is 4.90 Å². The third kappa shape index (κ3) is 2.51. The van der Waals surface area contributed by atoms with Crippen molar-refractivity contribution in [3.8, 4) is 0 Å². The highest BCUT2D eigenvalue weighted by molar-refractivity contribution is 6.30. The molecule has 2 fully saturated rings. The number of hydrogen-bond donors (Lipinski definition) is 0. The molecule has 0 bridgehead atoms. The summed E-state index contributed by atoms with van der Waals surface area (Å²) < 4.78 is 11.1. The SMILES string of the molecule is CC1(C)OC(=O)C2(Cc3ccc(Cl)cc3N3CCCCC[C@@H]32)C(=O)O1. The molecule has 0 amide bonds. The molecule has 3 aliphatic rings. The maximum absolute atomic E-state index is 13.1. The molecular weight excluding hydrogens is 342 g/mol. The fraction of sp³-hybridized carbons (Fsp3) is 0.579. The van der Waals surface area contributed by atoms with Crippen molar-refractivity contribution in [2.75, 3.05) is 11.4 Å². The third-order valence-corrected chi connectivity index (χ3v) is 5.79. The summed E-state index contributed by atoms with van der Waals surface area (Å²) in [4.78, 5) is 28.3. The molecule has 0 N–H and O–H groups in total. The number of carbonyl (C=O) groups is 2. The minimum atomic E-state index is -1.29. The Morgan fingerprint density at radius 2 is 1.84 bits per heavy atom. The van der Waals surface area contributed by atoms with Crippen molar-refractivity contribution in [1.29, 1.82) is 0 Å². The van der Waals surface area contributed by atoms with E-state index in [4.69, 9.17) is 21.1 Å². The molecule has 25 heavy (non-hydrogen) atoms. The van der Waals surface area contributed by atoms with Gasteiger partial charge >= 0.3 is 11.9 Å². The van der Waals surface area contributed by atoms with Crippen molar-refractivity contribution in [1.82, 2.24) is 0 Å². The summed E-state index contributed by atoms with van der Waals surface area (Å²) in [6.45, 7) is 3.98. The summed E-state index contributed by atoms with van der Waals surface area (Å²) in [6, 6.07) is 5.39. The highest BCUT2D eigenvalue weighted by Crippen LogP contribution is 2.49. The number of halogens is 1. The van der Waals surface area contributed by atoms with Crippen LogP contribution >= 0.6 is 11.6 Å². The Balaban J connectivity index is 1.87. The number of rotatable bonds is 0. The van der Waals surface area contributed by atoms with Crippen LogP contribution in [0.4, 0.5) is 5.69 Å². The Labute approximate surface area is 152 Å². The standard InChI is InChI=1S/C19H22ClNO4/c1-18(2)24-16(22)19(17(23)25-18)11-12-7-8-13(20)10-14(12)21-9-5-3-4-6-15(19)21/h7-8,10,15H,3-6,9,11H2,1-2H3/t15-/m1/s1. The molecule has 0 saturated carbocycles. The summed E-state index contributed by atoms with van der Waals surface area (Å²) in [5.74, 6) is -2.15. The number of hydrogen-bond acceptors (Lipinski definition) is 5. The first kappa shape index (κ1) is 16.7. The number of cyclic esters (lactones) is 2. The summed E-state index contributed by atoms with van der Waals surface area (Å²) in [5, 5.41) is 0.660. The van der Waals surface area contributed by atoms with Gasteiger partial charge in [-0.2, -0.15) is 0 Å². The summed E-state index contributed by atoms with van der Waals surface area (Å²) in [7, 11) is 0. The van der Waals surface area contributed by atoms with Crippen molar-refractivity contribution in [3.05, 3.63) is 28.8 Å². The van der Waals surface area contributed by atoms with Crippen LogP contribution in [0.25, 0.3) is 0 Å². The van der Waals surface area contributed by atoms with Crippen LogP contribution in [0.15, 0.2) is 18.2 Å². The zero-order valence-electron chi connectivity index (χ0n) is 14.5. The van der Waals surface area contributed by atoms with Crippen molar-refractivity contribution >= 4 is 29.2 Å². The summed E-state index contributed by atoms with van der Waals surface area (Å²) >= 11 is 6.21. The quantitative estimate of drug-likeness (QED) is 0.522. The van der Waals surface area contributed by atoms with E-state index < -0.39 is 23.1 Å². The zero-order valence-corrected chi connectivity index (χ0v) is 15.3. The number of nitrogens with zero attached hydrogens (tertiary/aromatic N) is 1. The van der Waals surface area contributed by atoms with Crippen LogP contribution in [-0.2, 0) is 25.5 Å². The van der Waals surface area contributed by atoms with Crippen LogP contribution in [0, 0.1) is 5.41 Å². The Morgan fingerprint density at radius 3 is 2.56 bits per heavy atom. The molecule has 1 atom stereocenters. The third-order valence-electron chi connectivity index (χ3n) is 5.55. The first-order valence-electron chi connectivity index (χ1n) is 8.85. The molecule has 3 aliphatic heterocycles. The molecule has 5 nitrogen and oxygen atoms in total. The first-order valence-corrected chi connectivity index (χ1v) is 9.23. The molecule has 0 radical (unpaired) electrons. The second-order valence-corrected chi connectivity index (χ2v) is 8.09. The second-order valence-electron chi connectivity index (χ2n) is 7.66. The topological polar surface area (TPSA) is 55.8 Å². The van der Waals surface area contributed by atoms with Crippen LogP contribution < -0.4 is 4.90 Å². The molecule has 3 heterocycles. The number of anilines is 1. The average Bonchev–Trinajstić information content (AvgIpc) is 2.78. The van der Waals surface area contributed by atoms with E-state index >= 15 is 0 Å². The number of ether oxygens (including phenoxy) is 2. The second kappa shape index (κ2) is 5.63. The van der Waals surface area contributed by atoms with Crippen LogP contribution in [0.1, 0.15) is 45.1 Å². The summed E-state index contributed by atoms with van der Waals surface area (Å²) in [6.07, 6.45) is 4.14. The van der Waals surface area contributed by atoms with Gasteiger partial charge in [-0.05, 0) is 30.5 Å².